The van der Waals surface area contributed by atoms with E-state index in [0.29, 0.717) is 12.0 Å². The van der Waals surface area contributed by atoms with E-state index >= 15 is 0 Å². The first kappa shape index (κ1) is 15.0. The van der Waals surface area contributed by atoms with Crippen molar-refractivity contribution in [1.29, 1.82) is 0 Å². The molecular weight excluding hydrogens is 278 g/mol. The summed E-state index contributed by atoms with van der Waals surface area (Å²) in [6, 6.07) is 0. The monoisotopic (exact) mass is 295 g/mol. The largest absolute Gasteiger partial charge is 0.481 e. The van der Waals surface area contributed by atoms with E-state index in [1.165, 1.54) is 36.8 Å². The van der Waals surface area contributed by atoms with Gasteiger partial charge in [0.1, 0.15) is 0 Å². The van der Waals surface area contributed by atoms with E-state index in [2.05, 4.69) is 0 Å². The maximum absolute atomic E-state index is 12.1. The summed E-state index contributed by atoms with van der Waals surface area (Å²) in [7, 11) is 4.41. The summed E-state index contributed by atoms with van der Waals surface area (Å²) in [6.07, 6.45) is 1.74. The standard InChI is InChI=1S/C13H17N3O5/c1-14(11(18)8-4-9(8)12(19)20)5-7-6-15(2)13(21)16(3)10(7)17/h6,8-9H,4-5H2,1-3H3,(H,19,20). The number of carbonyl (C=O) groups is 2. The van der Waals surface area contributed by atoms with Crippen LogP contribution >= 0.6 is 0 Å². The molecule has 0 saturated heterocycles. The van der Waals surface area contributed by atoms with Crippen LogP contribution in [0.5, 0.6) is 0 Å². The number of hydrogen-bond acceptors (Lipinski definition) is 4. The number of amides is 1. The van der Waals surface area contributed by atoms with Gasteiger partial charge in [-0.25, -0.2) is 4.79 Å². The van der Waals surface area contributed by atoms with Gasteiger partial charge in [-0.1, -0.05) is 0 Å². The van der Waals surface area contributed by atoms with E-state index in [9.17, 15) is 19.2 Å². The van der Waals surface area contributed by atoms with Gasteiger partial charge >= 0.3 is 11.7 Å². The van der Waals surface area contributed by atoms with Gasteiger partial charge < -0.3 is 14.6 Å². The summed E-state index contributed by atoms with van der Waals surface area (Å²) >= 11 is 0. The Bertz CT molecular complexity index is 717. The molecule has 1 aromatic heterocycles. The molecule has 114 valence electrons. The number of hydrogen-bond donors (Lipinski definition) is 1. The fraction of sp³-hybridized carbons (Fsp3) is 0.538. The lowest BCUT2D eigenvalue weighted by atomic mass is 10.2. The lowest BCUT2D eigenvalue weighted by Crippen LogP contribution is -2.40. The number of carbonyl (C=O) groups excluding carboxylic acids is 1. The zero-order valence-corrected chi connectivity index (χ0v) is 12.1. The van der Waals surface area contributed by atoms with Gasteiger partial charge in [0.15, 0.2) is 0 Å². The first-order valence-corrected chi connectivity index (χ1v) is 6.47. The molecule has 2 rings (SSSR count). The molecule has 0 aliphatic heterocycles. The van der Waals surface area contributed by atoms with Crippen LogP contribution in [0.25, 0.3) is 0 Å². The molecule has 2 atom stereocenters. The average Bonchev–Trinajstić information content (AvgIpc) is 3.22. The number of aromatic nitrogens is 2. The van der Waals surface area contributed by atoms with Gasteiger partial charge in [-0.05, 0) is 6.42 Å². The molecule has 1 aliphatic carbocycles. The number of carboxylic acids is 1. The lowest BCUT2D eigenvalue weighted by Gasteiger charge is -2.17. The number of aryl methyl sites for hydroxylation is 1. The molecule has 1 aliphatic rings. The molecule has 0 spiro atoms. The van der Waals surface area contributed by atoms with E-state index in [1.807, 2.05) is 0 Å². The van der Waals surface area contributed by atoms with Crippen molar-refractivity contribution >= 4 is 11.9 Å². The second-order valence-electron chi connectivity index (χ2n) is 5.39. The molecule has 0 bridgehead atoms. The number of carboxylic acid groups (broad SMARTS) is 1. The quantitative estimate of drug-likeness (QED) is 0.749. The maximum atomic E-state index is 12.1. The Balaban J connectivity index is 2.16. The number of rotatable bonds is 4. The van der Waals surface area contributed by atoms with Crippen molar-refractivity contribution in [1.82, 2.24) is 14.0 Å². The van der Waals surface area contributed by atoms with Crippen LogP contribution in [-0.4, -0.2) is 38.1 Å². The minimum Gasteiger partial charge on any atom is -0.481 e. The summed E-state index contributed by atoms with van der Waals surface area (Å²) < 4.78 is 2.25. The van der Waals surface area contributed by atoms with Crippen LogP contribution in [0.1, 0.15) is 12.0 Å². The highest BCUT2D eigenvalue weighted by Gasteiger charge is 2.49. The van der Waals surface area contributed by atoms with Crippen molar-refractivity contribution in [2.75, 3.05) is 7.05 Å². The van der Waals surface area contributed by atoms with Crippen molar-refractivity contribution in [3.8, 4) is 0 Å². The van der Waals surface area contributed by atoms with E-state index in [1.54, 1.807) is 0 Å². The summed E-state index contributed by atoms with van der Waals surface area (Å²) in [4.78, 5) is 47.7. The molecular formula is C13H17N3O5. The normalized spacial score (nSPS) is 20.1. The molecule has 8 nitrogen and oxygen atoms in total. The lowest BCUT2D eigenvalue weighted by molar-refractivity contribution is -0.141. The summed E-state index contributed by atoms with van der Waals surface area (Å²) in [5, 5.41) is 8.83. The fourth-order valence-corrected chi connectivity index (χ4v) is 2.35. The van der Waals surface area contributed by atoms with Crippen molar-refractivity contribution in [2.24, 2.45) is 25.9 Å². The van der Waals surface area contributed by atoms with E-state index < -0.39 is 29.1 Å². The van der Waals surface area contributed by atoms with Crippen LogP contribution in [-0.2, 0) is 30.2 Å². The molecule has 1 amide bonds. The smallest absolute Gasteiger partial charge is 0.330 e. The van der Waals surface area contributed by atoms with E-state index in [0.717, 1.165) is 4.57 Å². The molecule has 0 radical (unpaired) electrons. The second kappa shape index (κ2) is 5.19. The number of aliphatic carboxylic acids is 1. The van der Waals surface area contributed by atoms with Crippen molar-refractivity contribution in [3.05, 3.63) is 32.6 Å². The molecule has 1 aromatic rings. The van der Waals surface area contributed by atoms with Gasteiger partial charge in [-0.2, -0.15) is 0 Å². The van der Waals surface area contributed by atoms with Crippen molar-refractivity contribution < 1.29 is 14.7 Å². The number of nitrogens with zero attached hydrogens (tertiary/aromatic N) is 3. The highest BCUT2D eigenvalue weighted by molar-refractivity contribution is 5.89. The average molecular weight is 295 g/mol. The van der Waals surface area contributed by atoms with Gasteiger partial charge in [-0.3, -0.25) is 19.0 Å². The van der Waals surface area contributed by atoms with Gasteiger partial charge in [0.05, 0.1) is 23.9 Å². The predicted octanol–water partition coefficient (Wildman–Crippen LogP) is -1.24. The third-order valence-corrected chi connectivity index (χ3v) is 3.73. The minimum absolute atomic E-state index is 0.0441. The Kier molecular flexibility index (Phi) is 3.71. The SMILES string of the molecule is CN(Cc1cn(C)c(=O)n(C)c1=O)C(=O)C1CC1C(=O)O. The first-order valence-electron chi connectivity index (χ1n) is 6.47. The highest BCUT2D eigenvalue weighted by Crippen LogP contribution is 2.39. The van der Waals surface area contributed by atoms with Crippen LogP contribution in [0.4, 0.5) is 0 Å². The van der Waals surface area contributed by atoms with Crippen molar-refractivity contribution in [2.45, 2.75) is 13.0 Å². The van der Waals surface area contributed by atoms with Gasteiger partial charge in [-0.15, -0.1) is 0 Å². The summed E-state index contributed by atoms with van der Waals surface area (Å²) in [5.74, 6) is -2.40. The van der Waals surface area contributed by atoms with Crippen LogP contribution in [0.15, 0.2) is 15.8 Å². The molecule has 8 heteroatoms. The Hall–Kier alpha value is -2.38. The first-order chi connectivity index (χ1) is 9.73. The summed E-state index contributed by atoms with van der Waals surface area (Å²) in [5.41, 5.74) is -0.586. The van der Waals surface area contributed by atoms with E-state index in [4.69, 9.17) is 5.11 Å². The Morgan fingerprint density at radius 2 is 1.95 bits per heavy atom. The van der Waals surface area contributed by atoms with Gasteiger partial charge in [0.2, 0.25) is 5.91 Å². The molecule has 0 aromatic carbocycles. The predicted molar refractivity (Wildman–Crippen MR) is 72.6 cm³/mol. The minimum atomic E-state index is -0.972. The topological polar surface area (TPSA) is 102 Å². The van der Waals surface area contributed by atoms with Gasteiger partial charge in [0.25, 0.3) is 5.56 Å². The maximum Gasteiger partial charge on any atom is 0.330 e. The summed E-state index contributed by atoms with van der Waals surface area (Å²) in [6.45, 7) is 0.0441. The Morgan fingerprint density at radius 1 is 1.33 bits per heavy atom. The van der Waals surface area contributed by atoms with Gasteiger partial charge in [0, 0.05) is 27.3 Å². The highest BCUT2D eigenvalue weighted by atomic mass is 16.4. The third-order valence-electron chi connectivity index (χ3n) is 3.73. The third kappa shape index (κ3) is 2.74. The molecule has 21 heavy (non-hydrogen) atoms. The Morgan fingerprint density at radius 3 is 2.48 bits per heavy atom. The molecule has 1 N–H and O–H groups in total. The van der Waals surface area contributed by atoms with Crippen LogP contribution in [0, 0.1) is 11.8 Å². The zero-order chi connectivity index (χ0) is 15.9. The fourth-order valence-electron chi connectivity index (χ4n) is 2.35. The van der Waals surface area contributed by atoms with Crippen molar-refractivity contribution in [3.63, 3.8) is 0 Å². The Labute approximate surface area is 120 Å². The van der Waals surface area contributed by atoms with Crippen LogP contribution < -0.4 is 11.2 Å². The second-order valence-corrected chi connectivity index (χ2v) is 5.39. The van der Waals surface area contributed by atoms with Crippen LogP contribution in [0.2, 0.25) is 0 Å². The molecule has 1 heterocycles. The molecule has 1 fully saturated rings. The zero-order valence-electron chi connectivity index (χ0n) is 12.1. The van der Waals surface area contributed by atoms with E-state index in [-0.39, 0.29) is 12.5 Å². The molecule has 2 unspecified atom stereocenters. The molecule has 1 saturated carbocycles. The van der Waals surface area contributed by atoms with Crippen LogP contribution in [0.3, 0.4) is 0 Å².